The largest absolute Gasteiger partial charge is 0.351 e. The highest BCUT2D eigenvalue weighted by atomic mass is 35.5. The third-order valence-electron chi connectivity index (χ3n) is 3.81. The van der Waals surface area contributed by atoms with Crippen LogP contribution in [0, 0.1) is 0 Å². The van der Waals surface area contributed by atoms with Crippen molar-refractivity contribution in [2.24, 2.45) is 0 Å². The zero-order valence-corrected chi connectivity index (χ0v) is 14.5. The molecule has 1 atom stereocenters. The van der Waals surface area contributed by atoms with Crippen molar-refractivity contribution in [3.63, 3.8) is 0 Å². The molecule has 21 heavy (non-hydrogen) atoms. The Morgan fingerprint density at radius 1 is 1.33 bits per heavy atom. The summed E-state index contributed by atoms with van der Waals surface area (Å²) < 4.78 is 0. The normalized spacial score (nSPS) is 20.9. The SMILES string of the molecule is CC1CN(C)CCN1c1ccc(Cl)c(CNC(C)(C)C)n1. The van der Waals surface area contributed by atoms with Gasteiger partial charge in [-0.2, -0.15) is 0 Å². The van der Waals surface area contributed by atoms with E-state index in [1.807, 2.05) is 12.1 Å². The van der Waals surface area contributed by atoms with Gasteiger partial charge in [-0.1, -0.05) is 11.6 Å². The maximum absolute atomic E-state index is 6.29. The van der Waals surface area contributed by atoms with Crippen LogP contribution in [0.2, 0.25) is 5.02 Å². The molecular weight excluding hydrogens is 284 g/mol. The predicted molar refractivity (Wildman–Crippen MR) is 90.1 cm³/mol. The Morgan fingerprint density at radius 2 is 2.05 bits per heavy atom. The van der Waals surface area contributed by atoms with Crippen LogP contribution in [0.1, 0.15) is 33.4 Å². The van der Waals surface area contributed by atoms with Crippen LogP contribution >= 0.6 is 11.6 Å². The predicted octanol–water partition coefficient (Wildman–Crippen LogP) is 2.76. The highest BCUT2D eigenvalue weighted by Gasteiger charge is 2.23. The van der Waals surface area contributed by atoms with Gasteiger partial charge in [0.2, 0.25) is 0 Å². The van der Waals surface area contributed by atoms with Crippen molar-refractivity contribution >= 4 is 17.4 Å². The van der Waals surface area contributed by atoms with Gasteiger partial charge in [-0.05, 0) is 46.9 Å². The molecule has 2 rings (SSSR count). The molecule has 4 nitrogen and oxygen atoms in total. The molecule has 1 N–H and O–H groups in total. The van der Waals surface area contributed by atoms with Crippen molar-refractivity contribution in [2.45, 2.75) is 45.8 Å². The zero-order valence-electron chi connectivity index (χ0n) is 13.8. The molecule has 0 amide bonds. The lowest BCUT2D eigenvalue weighted by Gasteiger charge is -2.39. The third-order valence-corrected chi connectivity index (χ3v) is 4.16. The Kier molecular flexibility index (Phi) is 5.12. The molecule has 0 radical (unpaired) electrons. The minimum atomic E-state index is 0.0577. The summed E-state index contributed by atoms with van der Waals surface area (Å²) in [6.45, 7) is 12.5. The Hall–Kier alpha value is -0.840. The molecule has 0 aromatic carbocycles. The Morgan fingerprint density at radius 3 is 2.67 bits per heavy atom. The van der Waals surface area contributed by atoms with E-state index < -0.39 is 0 Å². The second-order valence-electron chi connectivity index (χ2n) is 7.01. The number of nitrogens with zero attached hydrogens (tertiary/aromatic N) is 3. The third kappa shape index (κ3) is 4.56. The van der Waals surface area contributed by atoms with E-state index in [4.69, 9.17) is 16.6 Å². The van der Waals surface area contributed by atoms with Crippen molar-refractivity contribution in [1.29, 1.82) is 0 Å². The number of hydrogen-bond acceptors (Lipinski definition) is 4. The number of piperazine rings is 1. The Bertz CT molecular complexity index is 484. The zero-order chi connectivity index (χ0) is 15.6. The summed E-state index contributed by atoms with van der Waals surface area (Å²) in [7, 11) is 2.17. The van der Waals surface area contributed by atoms with E-state index in [-0.39, 0.29) is 5.54 Å². The number of pyridine rings is 1. The summed E-state index contributed by atoms with van der Waals surface area (Å²) in [6, 6.07) is 4.47. The van der Waals surface area contributed by atoms with Gasteiger partial charge < -0.3 is 15.1 Å². The lowest BCUT2D eigenvalue weighted by atomic mass is 10.1. The molecule has 2 heterocycles. The van der Waals surface area contributed by atoms with Crippen molar-refractivity contribution in [3.8, 4) is 0 Å². The number of rotatable bonds is 3. The summed E-state index contributed by atoms with van der Waals surface area (Å²) >= 11 is 6.29. The fourth-order valence-electron chi connectivity index (χ4n) is 2.59. The fourth-order valence-corrected chi connectivity index (χ4v) is 2.76. The van der Waals surface area contributed by atoms with E-state index in [0.29, 0.717) is 12.6 Å². The minimum absolute atomic E-state index is 0.0577. The Balaban J connectivity index is 2.14. The number of nitrogens with one attached hydrogen (secondary N) is 1. The van der Waals surface area contributed by atoms with Crippen LogP contribution in [0.4, 0.5) is 5.82 Å². The molecule has 1 aliphatic rings. The van der Waals surface area contributed by atoms with Crippen LogP contribution in [0.25, 0.3) is 0 Å². The lowest BCUT2D eigenvalue weighted by Crippen LogP contribution is -2.50. The maximum atomic E-state index is 6.29. The molecular formula is C16H27ClN4. The van der Waals surface area contributed by atoms with Crippen LogP contribution in [0.5, 0.6) is 0 Å². The van der Waals surface area contributed by atoms with Crippen molar-refractivity contribution in [1.82, 2.24) is 15.2 Å². The van der Waals surface area contributed by atoms with E-state index in [1.165, 1.54) is 0 Å². The molecule has 1 fully saturated rings. The maximum Gasteiger partial charge on any atom is 0.129 e. The van der Waals surface area contributed by atoms with Crippen molar-refractivity contribution in [3.05, 3.63) is 22.8 Å². The molecule has 0 saturated carbocycles. The average Bonchev–Trinajstić information content (AvgIpc) is 2.37. The van der Waals surface area contributed by atoms with E-state index >= 15 is 0 Å². The van der Waals surface area contributed by atoms with Crippen molar-refractivity contribution in [2.75, 3.05) is 31.6 Å². The molecule has 1 aliphatic heterocycles. The van der Waals surface area contributed by atoms with Gasteiger partial charge in [0, 0.05) is 37.8 Å². The number of hydrogen-bond donors (Lipinski definition) is 1. The fraction of sp³-hybridized carbons (Fsp3) is 0.688. The summed E-state index contributed by atoms with van der Waals surface area (Å²) in [5.74, 6) is 1.03. The van der Waals surface area contributed by atoms with E-state index in [0.717, 1.165) is 36.2 Å². The highest BCUT2D eigenvalue weighted by molar-refractivity contribution is 6.31. The molecule has 1 aromatic rings. The summed E-state index contributed by atoms with van der Waals surface area (Å²) in [5, 5.41) is 4.19. The highest BCUT2D eigenvalue weighted by Crippen LogP contribution is 2.23. The molecule has 0 bridgehead atoms. The summed E-state index contributed by atoms with van der Waals surface area (Å²) in [5.41, 5.74) is 0.984. The van der Waals surface area contributed by atoms with E-state index in [1.54, 1.807) is 0 Å². The second kappa shape index (κ2) is 6.51. The first-order chi connectivity index (χ1) is 9.76. The number of halogens is 1. The van der Waals surface area contributed by atoms with Gasteiger partial charge in [-0.15, -0.1) is 0 Å². The van der Waals surface area contributed by atoms with Gasteiger partial charge in [-0.3, -0.25) is 0 Å². The van der Waals surface area contributed by atoms with Gasteiger partial charge in [0.1, 0.15) is 5.82 Å². The molecule has 0 spiro atoms. The molecule has 5 heteroatoms. The minimum Gasteiger partial charge on any atom is -0.351 e. The quantitative estimate of drug-likeness (QED) is 0.930. The first-order valence-electron chi connectivity index (χ1n) is 7.62. The van der Waals surface area contributed by atoms with Crippen LogP contribution in [-0.4, -0.2) is 48.1 Å². The number of likely N-dealkylation sites (N-methyl/N-ethyl adjacent to an activating group) is 1. The van der Waals surface area contributed by atoms with Gasteiger partial charge in [0.25, 0.3) is 0 Å². The molecule has 118 valence electrons. The van der Waals surface area contributed by atoms with Gasteiger partial charge in [0.05, 0.1) is 10.7 Å². The monoisotopic (exact) mass is 310 g/mol. The molecule has 0 aliphatic carbocycles. The van der Waals surface area contributed by atoms with Crippen LogP contribution < -0.4 is 10.2 Å². The average molecular weight is 311 g/mol. The standard InChI is InChI=1S/C16H27ClN4/c1-12-11-20(5)8-9-21(12)15-7-6-13(17)14(19-15)10-18-16(2,3)4/h6-7,12,18H,8-11H2,1-5H3. The Labute approximate surface area is 133 Å². The smallest absolute Gasteiger partial charge is 0.129 e. The van der Waals surface area contributed by atoms with E-state index in [2.05, 4.69) is 49.9 Å². The number of aromatic nitrogens is 1. The molecule has 1 unspecified atom stereocenters. The van der Waals surface area contributed by atoms with Gasteiger partial charge in [0.15, 0.2) is 0 Å². The first kappa shape index (κ1) is 16.5. The van der Waals surface area contributed by atoms with Crippen LogP contribution in [0.3, 0.4) is 0 Å². The topological polar surface area (TPSA) is 31.4 Å². The van der Waals surface area contributed by atoms with E-state index in [9.17, 15) is 0 Å². The lowest BCUT2D eigenvalue weighted by molar-refractivity contribution is 0.274. The van der Waals surface area contributed by atoms with Crippen LogP contribution in [0.15, 0.2) is 12.1 Å². The molecule has 1 aromatic heterocycles. The van der Waals surface area contributed by atoms with Crippen LogP contribution in [-0.2, 0) is 6.54 Å². The number of anilines is 1. The first-order valence-corrected chi connectivity index (χ1v) is 8.00. The second-order valence-corrected chi connectivity index (χ2v) is 7.41. The summed E-state index contributed by atoms with van der Waals surface area (Å²) in [4.78, 5) is 9.52. The van der Waals surface area contributed by atoms with Gasteiger partial charge >= 0.3 is 0 Å². The molecule has 1 saturated heterocycles. The summed E-state index contributed by atoms with van der Waals surface area (Å²) in [6.07, 6.45) is 0. The van der Waals surface area contributed by atoms with Crippen molar-refractivity contribution < 1.29 is 0 Å². The van der Waals surface area contributed by atoms with Gasteiger partial charge in [-0.25, -0.2) is 4.98 Å².